The lowest BCUT2D eigenvalue weighted by Gasteiger charge is -2.32. The van der Waals surface area contributed by atoms with E-state index in [1.165, 1.54) is 6.07 Å². The van der Waals surface area contributed by atoms with Crippen LogP contribution in [0.15, 0.2) is 23.1 Å². The molecule has 0 bridgehead atoms. The van der Waals surface area contributed by atoms with Crippen LogP contribution in [0, 0.1) is 0 Å². The molecular formula is C16H21O7PS. The number of thioether (sulfide) groups is 1. The SMILES string of the molecule is CCOc1ccc2c(c1)C(C(=O)OC)(P(=O)(OCC)OCC)C(=O)S2. The molecule has 1 aromatic rings. The zero-order valence-corrected chi connectivity index (χ0v) is 16.3. The number of carbonyl (C=O) groups is 2. The maximum atomic E-state index is 13.6. The maximum absolute atomic E-state index is 13.6. The van der Waals surface area contributed by atoms with Crippen molar-refractivity contribution in [1.82, 2.24) is 0 Å². The smallest absolute Gasteiger partial charge is 0.361 e. The van der Waals surface area contributed by atoms with Crippen LogP contribution in [0.2, 0.25) is 0 Å². The Labute approximate surface area is 150 Å². The number of rotatable bonds is 8. The average molecular weight is 388 g/mol. The summed E-state index contributed by atoms with van der Waals surface area (Å²) in [6, 6.07) is 4.86. The molecule has 1 aliphatic heterocycles. The minimum atomic E-state index is -4.20. The number of methoxy groups -OCH3 is 1. The Bertz CT molecular complexity index is 700. The summed E-state index contributed by atoms with van der Waals surface area (Å²) in [4.78, 5) is 26.2. The van der Waals surface area contributed by atoms with E-state index in [1.807, 2.05) is 6.92 Å². The first-order chi connectivity index (χ1) is 11.9. The summed E-state index contributed by atoms with van der Waals surface area (Å²) >= 11 is 0.820. The summed E-state index contributed by atoms with van der Waals surface area (Å²) in [5.74, 6) is -0.521. The summed E-state index contributed by atoms with van der Waals surface area (Å²) in [5, 5.41) is -2.81. The van der Waals surface area contributed by atoms with Crippen LogP contribution in [0.3, 0.4) is 0 Å². The zero-order chi connectivity index (χ0) is 18.7. The van der Waals surface area contributed by atoms with Crippen LogP contribution in [-0.2, 0) is 33.1 Å². The Morgan fingerprint density at radius 2 is 1.80 bits per heavy atom. The number of carbonyl (C=O) groups excluding carboxylic acids is 2. The summed E-state index contributed by atoms with van der Waals surface area (Å²) in [6.45, 7) is 5.45. The third-order valence-corrected chi connectivity index (χ3v) is 7.50. The van der Waals surface area contributed by atoms with Crippen LogP contribution in [-0.4, -0.2) is 38.0 Å². The van der Waals surface area contributed by atoms with Crippen LogP contribution in [0.4, 0.5) is 0 Å². The molecular weight excluding hydrogens is 367 g/mol. The Kier molecular flexibility index (Phi) is 6.32. The third-order valence-electron chi connectivity index (χ3n) is 3.64. The molecule has 0 aliphatic carbocycles. The Hall–Kier alpha value is -1.34. The van der Waals surface area contributed by atoms with Gasteiger partial charge in [0.05, 0.1) is 26.9 Å². The fourth-order valence-corrected chi connectivity index (χ4v) is 6.41. The highest BCUT2D eigenvalue weighted by molar-refractivity contribution is 8.15. The van der Waals surface area contributed by atoms with Gasteiger partial charge in [0.25, 0.3) is 5.16 Å². The van der Waals surface area contributed by atoms with E-state index in [2.05, 4.69) is 0 Å². The number of hydrogen-bond donors (Lipinski definition) is 0. The van der Waals surface area contributed by atoms with E-state index in [4.69, 9.17) is 18.5 Å². The van der Waals surface area contributed by atoms with E-state index in [9.17, 15) is 14.2 Å². The van der Waals surface area contributed by atoms with Crippen molar-refractivity contribution in [2.45, 2.75) is 30.8 Å². The zero-order valence-electron chi connectivity index (χ0n) is 14.6. The molecule has 0 amide bonds. The Morgan fingerprint density at radius 3 is 2.32 bits per heavy atom. The van der Waals surface area contributed by atoms with Gasteiger partial charge < -0.3 is 18.5 Å². The van der Waals surface area contributed by atoms with Crippen molar-refractivity contribution >= 4 is 30.4 Å². The average Bonchev–Trinajstić information content (AvgIpc) is 2.87. The second-order valence-corrected chi connectivity index (χ2v) is 8.21. The topological polar surface area (TPSA) is 88.1 Å². The van der Waals surface area contributed by atoms with Gasteiger partial charge in [-0.15, -0.1) is 0 Å². The Morgan fingerprint density at radius 1 is 1.16 bits per heavy atom. The largest absolute Gasteiger partial charge is 0.494 e. The van der Waals surface area contributed by atoms with E-state index in [1.54, 1.807) is 26.0 Å². The first-order valence-electron chi connectivity index (χ1n) is 7.88. The molecule has 9 heteroatoms. The maximum Gasteiger partial charge on any atom is 0.361 e. The molecule has 0 aromatic heterocycles. The molecule has 2 rings (SSSR count). The van der Waals surface area contributed by atoms with Crippen molar-refractivity contribution in [2.75, 3.05) is 26.9 Å². The van der Waals surface area contributed by atoms with Gasteiger partial charge in [0.2, 0.25) is 5.12 Å². The van der Waals surface area contributed by atoms with Gasteiger partial charge in [0.1, 0.15) is 5.75 Å². The fraction of sp³-hybridized carbons (Fsp3) is 0.500. The number of esters is 1. The highest BCUT2D eigenvalue weighted by Crippen LogP contribution is 2.71. The number of ether oxygens (including phenoxy) is 2. The lowest BCUT2D eigenvalue weighted by molar-refractivity contribution is -0.146. The summed E-state index contributed by atoms with van der Waals surface area (Å²) in [6.07, 6.45) is 0. The van der Waals surface area contributed by atoms with Crippen molar-refractivity contribution < 1.29 is 32.7 Å². The summed E-state index contributed by atoms with van der Waals surface area (Å²) in [5.41, 5.74) is 0.227. The van der Waals surface area contributed by atoms with Gasteiger partial charge in [-0.25, -0.2) is 4.79 Å². The summed E-state index contributed by atoms with van der Waals surface area (Å²) in [7, 11) is -3.06. The molecule has 1 heterocycles. The lowest BCUT2D eigenvalue weighted by Crippen LogP contribution is -2.42. The van der Waals surface area contributed by atoms with Crippen molar-refractivity contribution in [3.8, 4) is 5.75 Å². The van der Waals surface area contributed by atoms with E-state index in [0.29, 0.717) is 17.3 Å². The fourth-order valence-electron chi connectivity index (χ4n) is 2.70. The molecule has 0 saturated heterocycles. The molecule has 138 valence electrons. The van der Waals surface area contributed by atoms with Crippen LogP contribution < -0.4 is 4.74 Å². The molecule has 0 fully saturated rings. The first kappa shape index (κ1) is 20.0. The predicted octanol–water partition coefficient (Wildman–Crippen LogP) is 3.35. The second kappa shape index (κ2) is 7.91. The van der Waals surface area contributed by atoms with Gasteiger partial charge in [-0.05, 0) is 50.7 Å². The van der Waals surface area contributed by atoms with Crippen LogP contribution in [0.5, 0.6) is 5.75 Å². The van der Waals surface area contributed by atoms with Crippen molar-refractivity contribution in [3.63, 3.8) is 0 Å². The standard InChI is InChI=1S/C16H21O7PS/c1-5-21-11-8-9-13-12(10-11)16(14(17)20-4,15(18)25-13)24(19,22-6-2)23-7-3/h8-10H,5-7H2,1-4H3. The first-order valence-corrected chi connectivity index (χ1v) is 10.2. The van der Waals surface area contributed by atoms with Crippen LogP contribution in [0.25, 0.3) is 0 Å². The second-order valence-electron chi connectivity index (χ2n) is 5.02. The number of hydrogen-bond acceptors (Lipinski definition) is 8. The quantitative estimate of drug-likeness (QED) is 0.381. The van der Waals surface area contributed by atoms with Gasteiger partial charge in [0.15, 0.2) is 0 Å². The predicted molar refractivity (Wildman–Crippen MR) is 93.0 cm³/mol. The highest BCUT2D eigenvalue weighted by Gasteiger charge is 2.68. The molecule has 25 heavy (non-hydrogen) atoms. The molecule has 1 atom stereocenters. The van der Waals surface area contributed by atoms with Crippen molar-refractivity contribution in [2.24, 2.45) is 0 Å². The van der Waals surface area contributed by atoms with E-state index >= 15 is 0 Å². The minimum Gasteiger partial charge on any atom is -0.494 e. The van der Waals surface area contributed by atoms with Gasteiger partial charge in [-0.1, -0.05) is 0 Å². The van der Waals surface area contributed by atoms with E-state index < -0.39 is 23.8 Å². The molecule has 1 aliphatic rings. The molecule has 0 radical (unpaired) electrons. The van der Waals surface area contributed by atoms with E-state index in [-0.39, 0.29) is 18.8 Å². The number of fused-ring (bicyclic) bond motifs is 1. The van der Waals surface area contributed by atoms with Crippen LogP contribution in [0.1, 0.15) is 26.3 Å². The van der Waals surface area contributed by atoms with Gasteiger partial charge in [-0.3, -0.25) is 9.36 Å². The molecule has 1 unspecified atom stereocenters. The normalized spacial score (nSPS) is 19.6. The van der Waals surface area contributed by atoms with E-state index in [0.717, 1.165) is 18.9 Å². The van der Waals surface area contributed by atoms with Gasteiger partial charge in [-0.2, -0.15) is 0 Å². The van der Waals surface area contributed by atoms with Gasteiger partial charge >= 0.3 is 13.6 Å². The van der Waals surface area contributed by atoms with Gasteiger partial charge in [0, 0.05) is 10.5 Å². The monoisotopic (exact) mass is 388 g/mol. The minimum absolute atomic E-state index is 0.00839. The summed E-state index contributed by atoms with van der Waals surface area (Å²) < 4.78 is 34.6. The Balaban J connectivity index is 2.78. The van der Waals surface area contributed by atoms with Crippen molar-refractivity contribution in [3.05, 3.63) is 23.8 Å². The third kappa shape index (κ3) is 3.12. The number of benzene rings is 1. The molecule has 7 nitrogen and oxygen atoms in total. The molecule has 1 aromatic carbocycles. The van der Waals surface area contributed by atoms with Crippen LogP contribution >= 0.6 is 19.4 Å². The van der Waals surface area contributed by atoms with Crippen molar-refractivity contribution in [1.29, 1.82) is 0 Å². The lowest BCUT2D eigenvalue weighted by atomic mass is 9.99. The molecule has 0 N–H and O–H groups in total. The molecule has 0 spiro atoms. The highest BCUT2D eigenvalue weighted by atomic mass is 32.2. The molecule has 0 saturated carbocycles.